The average molecular weight is 322 g/mol. The first-order valence-corrected chi connectivity index (χ1v) is 8.58. The first kappa shape index (κ1) is 15.9. The van der Waals surface area contributed by atoms with Gasteiger partial charge in [-0.2, -0.15) is 4.31 Å². The van der Waals surface area contributed by atoms with Gasteiger partial charge in [-0.3, -0.25) is 0 Å². The molecule has 0 aromatic heterocycles. The summed E-state index contributed by atoms with van der Waals surface area (Å²) in [4.78, 5) is 0.470. The summed E-state index contributed by atoms with van der Waals surface area (Å²) in [5.41, 5.74) is 5.54. The van der Waals surface area contributed by atoms with Crippen LogP contribution in [0.2, 0.25) is 0 Å². The van der Waals surface area contributed by atoms with Crippen molar-refractivity contribution >= 4 is 38.0 Å². The van der Waals surface area contributed by atoms with Crippen molar-refractivity contribution in [1.29, 1.82) is 0 Å². The van der Waals surface area contributed by atoms with Gasteiger partial charge in [0.15, 0.2) is 0 Å². The number of sulfonamides is 1. The number of rotatable bonds is 6. The fraction of sp³-hybridized carbons (Fsp3) is 0.267. The Morgan fingerprint density at radius 2 is 1.86 bits per heavy atom. The smallest absolute Gasteiger partial charge is 0.244 e. The second-order valence-electron chi connectivity index (χ2n) is 4.78. The van der Waals surface area contributed by atoms with Gasteiger partial charge in [0.1, 0.15) is 0 Å². The van der Waals surface area contributed by atoms with Gasteiger partial charge in [-0.25, -0.2) is 8.42 Å². The molecule has 0 aliphatic heterocycles. The van der Waals surface area contributed by atoms with Crippen LogP contribution in [0.3, 0.4) is 0 Å². The molecule has 0 aliphatic rings. The number of benzene rings is 2. The summed E-state index contributed by atoms with van der Waals surface area (Å²) in [6, 6.07) is 12.7. The van der Waals surface area contributed by atoms with E-state index in [9.17, 15) is 8.42 Å². The number of hydrogen-bond donors (Lipinski definition) is 1. The molecule has 4 nitrogen and oxygen atoms in total. The van der Waals surface area contributed by atoms with E-state index >= 15 is 0 Å². The summed E-state index contributed by atoms with van der Waals surface area (Å²) in [6.45, 7) is 2.38. The van der Waals surface area contributed by atoms with Crippen molar-refractivity contribution in [2.24, 2.45) is 5.73 Å². The molecule has 0 spiro atoms. The molecule has 2 aromatic rings. The zero-order chi connectivity index (χ0) is 15.5. The maximum atomic E-state index is 12.9. The van der Waals surface area contributed by atoms with Crippen LogP contribution in [0.5, 0.6) is 0 Å². The summed E-state index contributed by atoms with van der Waals surface area (Å²) in [7, 11) is -3.62. The first-order valence-electron chi connectivity index (χ1n) is 6.73. The van der Waals surface area contributed by atoms with Gasteiger partial charge < -0.3 is 5.73 Å². The van der Waals surface area contributed by atoms with Crippen LogP contribution in [-0.4, -0.2) is 30.8 Å². The molecule has 0 saturated carbocycles. The molecule has 0 aliphatic carbocycles. The largest absolute Gasteiger partial charge is 0.392 e. The molecular formula is C15H18N2O2S2. The lowest BCUT2D eigenvalue weighted by molar-refractivity contribution is 0.450. The maximum absolute atomic E-state index is 12.9. The van der Waals surface area contributed by atoms with Crippen molar-refractivity contribution in [3.8, 4) is 0 Å². The number of hydrogen-bond acceptors (Lipinski definition) is 3. The Hall–Kier alpha value is -1.50. The van der Waals surface area contributed by atoms with E-state index in [1.54, 1.807) is 12.1 Å². The van der Waals surface area contributed by atoms with Crippen molar-refractivity contribution in [3.63, 3.8) is 0 Å². The minimum absolute atomic E-state index is 0.0642. The monoisotopic (exact) mass is 322 g/mol. The fourth-order valence-corrected chi connectivity index (χ4v) is 4.23. The Labute approximate surface area is 130 Å². The van der Waals surface area contributed by atoms with Crippen molar-refractivity contribution in [2.45, 2.75) is 18.2 Å². The standard InChI is InChI=1S/C15H18N2O2S2/c1-2-10-17(11-15(16)20)21(18,19)14-9-5-7-12-6-3-4-8-13(12)14/h3-9H,2,10-11H2,1H3,(H2,16,20). The molecule has 0 unspecified atom stereocenters. The highest BCUT2D eigenvalue weighted by atomic mass is 32.2. The molecule has 6 heteroatoms. The number of nitrogens with zero attached hydrogens (tertiary/aromatic N) is 1. The summed E-state index contributed by atoms with van der Waals surface area (Å²) < 4.78 is 27.1. The van der Waals surface area contributed by atoms with Crippen LogP contribution < -0.4 is 5.73 Å². The Morgan fingerprint density at radius 3 is 2.52 bits per heavy atom. The minimum atomic E-state index is -3.62. The second-order valence-corrected chi connectivity index (χ2v) is 7.21. The molecule has 0 radical (unpaired) electrons. The van der Waals surface area contributed by atoms with Gasteiger partial charge >= 0.3 is 0 Å². The molecule has 2 aromatic carbocycles. The lowest BCUT2D eigenvalue weighted by atomic mass is 10.1. The molecule has 0 atom stereocenters. The lowest BCUT2D eigenvalue weighted by Gasteiger charge is -2.21. The molecule has 0 bridgehead atoms. The van der Waals surface area contributed by atoms with Crippen LogP contribution in [-0.2, 0) is 10.0 Å². The maximum Gasteiger partial charge on any atom is 0.244 e. The first-order chi connectivity index (χ1) is 9.96. The number of fused-ring (bicyclic) bond motifs is 1. The normalized spacial score (nSPS) is 11.9. The van der Waals surface area contributed by atoms with Gasteiger partial charge in [0.25, 0.3) is 0 Å². The third kappa shape index (κ3) is 3.40. The van der Waals surface area contributed by atoms with Crippen LogP contribution in [0, 0.1) is 0 Å². The van der Waals surface area contributed by atoms with Gasteiger partial charge in [0.05, 0.1) is 16.4 Å². The van der Waals surface area contributed by atoms with Crippen LogP contribution in [0.1, 0.15) is 13.3 Å². The topological polar surface area (TPSA) is 63.4 Å². The predicted octanol–water partition coefficient (Wildman–Crippen LogP) is 2.53. The van der Waals surface area contributed by atoms with Crippen molar-refractivity contribution in [2.75, 3.05) is 13.1 Å². The minimum Gasteiger partial charge on any atom is -0.392 e. The Morgan fingerprint density at radius 1 is 1.19 bits per heavy atom. The van der Waals surface area contributed by atoms with Gasteiger partial charge in [-0.05, 0) is 17.9 Å². The molecule has 112 valence electrons. The summed E-state index contributed by atoms with van der Waals surface area (Å²) in [6.07, 6.45) is 0.701. The van der Waals surface area contributed by atoms with Crippen LogP contribution in [0.4, 0.5) is 0 Å². The Balaban J connectivity index is 2.56. The van der Waals surface area contributed by atoms with Gasteiger partial charge in [0, 0.05) is 11.9 Å². The van der Waals surface area contributed by atoms with Gasteiger partial charge in [-0.15, -0.1) is 0 Å². The third-order valence-corrected chi connectivity index (χ3v) is 5.21. The zero-order valence-electron chi connectivity index (χ0n) is 11.8. The lowest BCUT2D eigenvalue weighted by Crippen LogP contribution is -2.38. The molecule has 0 heterocycles. The second kappa shape index (κ2) is 6.51. The molecular weight excluding hydrogens is 304 g/mol. The van der Waals surface area contributed by atoms with Gasteiger partial charge in [0.2, 0.25) is 10.0 Å². The predicted molar refractivity (Wildman–Crippen MR) is 89.8 cm³/mol. The van der Waals surface area contributed by atoms with E-state index in [1.165, 1.54) is 4.31 Å². The summed E-state index contributed by atoms with van der Waals surface area (Å²) in [5, 5.41) is 1.61. The zero-order valence-corrected chi connectivity index (χ0v) is 13.5. The number of thiocarbonyl (C=S) groups is 1. The Bertz CT molecular complexity index is 752. The molecule has 0 saturated heterocycles. The quantitative estimate of drug-likeness (QED) is 0.830. The summed E-state index contributed by atoms with van der Waals surface area (Å²) in [5.74, 6) is 0. The molecule has 0 amide bonds. The SMILES string of the molecule is CCCN(CC(N)=S)S(=O)(=O)c1cccc2ccccc12. The van der Waals surface area contributed by atoms with Crippen LogP contribution >= 0.6 is 12.2 Å². The van der Waals surface area contributed by atoms with E-state index < -0.39 is 10.0 Å². The van der Waals surface area contributed by atoms with Crippen LogP contribution in [0.15, 0.2) is 47.4 Å². The molecule has 2 N–H and O–H groups in total. The van der Waals surface area contributed by atoms with Crippen molar-refractivity contribution < 1.29 is 8.42 Å². The molecule has 2 rings (SSSR count). The van der Waals surface area contributed by atoms with E-state index in [4.69, 9.17) is 18.0 Å². The Kier molecular flexibility index (Phi) is 4.92. The van der Waals surface area contributed by atoms with Gasteiger partial charge in [-0.1, -0.05) is 55.5 Å². The van der Waals surface area contributed by atoms with E-state index in [-0.39, 0.29) is 11.5 Å². The van der Waals surface area contributed by atoms with E-state index in [0.29, 0.717) is 23.2 Å². The third-order valence-electron chi connectivity index (χ3n) is 3.17. The summed E-state index contributed by atoms with van der Waals surface area (Å²) >= 11 is 4.87. The highest BCUT2D eigenvalue weighted by Gasteiger charge is 2.25. The van der Waals surface area contributed by atoms with Crippen molar-refractivity contribution in [3.05, 3.63) is 42.5 Å². The van der Waals surface area contributed by atoms with E-state index in [0.717, 1.165) is 5.39 Å². The molecule has 21 heavy (non-hydrogen) atoms. The van der Waals surface area contributed by atoms with Crippen molar-refractivity contribution in [1.82, 2.24) is 4.31 Å². The fourth-order valence-electron chi connectivity index (χ4n) is 2.27. The highest BCUT2D eigenvalue weighted by molar-refractivity contribution is 7.89. The highest BCUT2D eigenvalue weighted by Crippen LogP contribution is 2.25. The van der Waals surface area contributed by atoms with Crippen LogP contribution in [0.25, 0.3) is 10.8 Å². The van der Waals surface area contributed by atoms with E-state index in [1.807, 2.05) is 37.3 Å². The average Bonchev–Trinajstić information content (AvgIpc) is 2.45. The molecule has 0 fully saturated rings. The number of nitrogens with two attached hydrogens (primary N) is 1. The van der Waals surface area contributed by atoms with E-state index in [2.05, 4.69) is 0 Å².